The molecule has 0 radical (unpaired) electrons. The van der Waals surface area contributed by atoms with Crippen LogP contribution in [0.3, 0.4) is 0 Å². The molecule has 2 atom stereocenters. The molecular formula is C15H22N2O. The lowest BCUT2D eigenvalue weighted by molar-refractivity contribution is -0.00521. The summed E-state index contributed by atoms with van der Waals surface area (Å²) in [6, 6.07) is 8.56. The second-order valence-electron chi connectivity index (χ2n) is 4.88. The van der Waals surface area contributed by atoms with Crippen LogP contribution in [0.1, 0.15) is 13.8 Å². The van der Waals surface area contributed by atoms with Gasteiger partial charge in [-0.05, 0) is 38.1 Å². The quantitative estimate of drug-likeness (QED) is 0.827. The molecule has 98 valence electrons. The second kappa shape index (κ2) is 5.91. The normalized spacial score (nSPS) is 23.8. The predicted octanol–water partition coefficient (Wildman–Crippen LogP) is 2.90. The van der Waals surface area contributed by atoms with Crippen molar-refractivity contribution in [2.45, 2.75) is 26.1 Å². The first-order chi connectivity index (χ1) is 8.69. The number of ether oxygens (including phenoxy) is 1. The largest absolute Gasteiger partial charge is 0.382 e. The van der Waals surface area contributed by atoms with Crippen molar-refractivity contribution < 1.29 is 4.74 Å². The lowest BCUT2D eigenvalue weighted by Crippen LogP contribution is -2.45. The first-order valence-corrected chi connectivity index (χ1v) is 6.54. The topological polar surface area (TPSA) is 24.5 Å². The molecule has 1 heterocycles. The van der Waals surface area contributed by atoms with Crippen molar-refractivity contribution in [3.8, 4) is 0 Å². The lowest BCUT2D eigenvalue weighted by Gasteiger charge is -2.36. The molecule has 0 bridgehead atoms. The zero-order valence-electron chi connectivity index (χ0n) is 11.2. The van der Waals surface area contributed by atoms with Crippen LogP contribution >= 0.6 is 0 Å². The Morgan fingerprint density at radius 2 is 1.89 bits per heavy atom. The van der Waals surface area contributed by atoms with E-state index in [4.69, 9.17) is 4.74 Å². The van der Waals surface area contributed by atoms with Gasteiger partial charge in [0.2, 0.25) is 0 Å². The third-order valence-electron chi connectivity index (χ3n) is 3.10. The van der Waals surface area contributed by atoms with Gasteiger partial charge in [-0.25, -0.2) is 0 Å². The van der Waals surface area contributed by atoms with Crippen LogP contribution in [0.4, 0.5) is 11.4 Å². The lowest BCUT2D eigenvalue weighted by atomic mass is 10.2. The highest BCUT2D eigenvalue weighted by Gasteiger charge is 2.22. The summed E-state index contributed by atoms with van der Waals surface area (Å²) in [5.74, 6) is 0. The minimum atomic E-state index is 0.298. The molecule has 2 rings (SSSR count). The van der Waals surface area contributed by atoms with E-state index in [-0.39, 0.29) is 0 Å². The maximum absolute atomic E-state index is 5.75. The van der Waals surface area contributed by atoms with E-state index in [1.54, 1.807) is 0 Å². The van der Waals surface area contributed by atoms with Gasteiger partial charge >= 0.3 is 0 Å². The Balaban J connectivity index is 2.02. The molecule has 0 aromatic heterocycles. The number of hydrogen-bond donors (Lipinski definition) is 1. The summed E-state index contributed by atoms with van der Waals surface area (Å²) < 4.78 is 5.75. The SMILES string of the molecule is C=CCNc1ccc(N2C[C@@H](C)O[C@@H](C)C2)cc1. The zero-order chi connectivity index (χ0) is 13.0. The fraction of sp³-hybridized carbons (Fsp3) is 0.467. The molecule has 1 aliphatic rings. The number of hydrogen-bond acceptors (Lipinski definition) is 3. The second-order valence-corrected chi connectivity index (χ2v) is 4.88. The van der Waals surface area contributed by atoms with Gasteiger partial charge in [-0.3, -0.25) is 0 Å². The van der Waals surface area contributed by atoms with Gasteiger partial charge in [-0.15, -0.1) is 6.58 Å². The molecule has 0 amide bonds. The van der Waals surface area contributed by atoms with Crippen LogP contribution in [-0.4, -0.2) is 31.8 Å². The fourth-order valence-electron chi connectivity index (χ4n) is 2.37. The standard InChI is InChI=1S/C15H22N2O/c1-4-9-16-14-5-7-15(8-6-14)17-10-12(2)18-13(3)11-17/h4-8,12-13,16H,1,9-11H2,2-3H3/t12-,13+. The summed E-state index contributed by atoms with van der Waals surface area (Å²) >= 11 is 0. The highest BCUT2D eigenvalue weighted by Crippen LogP contribution is 2.22. The highest BCUT2D eigenvalue weighted by molar-refractivity contribution is 5.55. The maximum Gasteiger partial charge on any atom is 0.0726 e. The van der Waals surface area contributed by atoms with Crippen molar-refractivity contribution in [3.63, 3.8) is 0 Å². The van der Waals surface area contributed by atoms with Gasteiger partial charge in [0.1, 0.15) is 0 Å². The van der Waals surface area contributed by atoms with Gasteiger partial charge in [-0.1, -0.05) is 6.08 Å². The number of benzene rings is 1. The van der Waals surface area contributed by atoms with Crippen LogP contribution in [0.2, 0.25) is 0 Å². The molecule has 1 fully saturated rings. The van der Waals surface area contributed by atoms with Crippen LogP contribution in [0.25, 0.3) is 0 Å². The van der Waals surface area contributed by atoms with E-state index >= 15 is 0 Å². The van der Waals surface area contributed by atoms with Crippen molar-refractivity contribution in [1.82, 2.24) is 0 Å². The van der Waals surface area contributed by atoms with Gasteiger partial charge in [-0.2, -0.15) is 0 Å². The van der Waals surface area contributed by atoms with E-state index in [0.717, 1.165) is 25.3 Å². The molecule has 0 unspecified atom stereocenters. The summed E-state index contributed by atoms with van der Waals surface area (Å²) in [6.07, 6.45) is 2.46. The minimum absolute atomic E-state index is 0.298. The Bertz CT molecular complexity index is 378. The zero-order valence-corrected chi connectivity index (χ0v) is 11.2. The van der Waals surface area contributed by atoms with Crippen LogP contribution in [0.15, 0.2) is 36.9 Å². The molecule has 1 N–H and O–H groups in total. The third kappa shape index (κ3) is 3.26. The monoisotopic (exact) mass is 246 g/mol. The van der Waals surface area contributed by atoms with E-state index in [9.17, 15) is 0 Å². The van der Waals surface area contributed by atoms with E-state index in [0.29, 0.717) is 12.2 Å². The maximum atomic E-state index is 5.75. The Labute approximate surface area is 109 Å². The van der Waals surface area contributed by atoms with Gasteiger partial charge in [0, 0.05) is 31.0 Å². The van der Waals surface area contributed by atoms with E-state index in [1.165, 1.54) is 5.69 Å². The fourth-order valence-corrected chi connectivity index (χ4v) is 2.37. The molecule has 0 saturated carbocycles. The molecule has 0 aliphatic carbocycles. The van der Waals surface area contributed by atoms with Crippen molar-refractivity contribution in [2.75, 3.05) is 29.9 Å². The van der Waals surface area contributed by atoms with Gasteiger partial charge < -0.3 is 15.0 Å². The average molecular weight is 246 g/mol. The molecule has 1 saturated heterocycles. The predicted molar refractivity (Wildman–Crippen MR) is 77.4 cm³/mol. The molecule has 3 heteroatoms. The van der Waals surface area contributed by atoms with Crippen molar-refractivity contribution in [1.29, 1.82) is 0 Å². The Morgan fingerprint density at radius 1 is 1.28 bits per heavy atom. The molecule has 1 aliphatic heterocycles. The third-order valence-corrected chi connectivity index (χ3v) is 3.10. The smallest absolute Gasteiger partial charge is 0.0726 e. The summed E-state index contributed by atoms with van der Waals surface area (Å²) in [5.41, 5.74) is 2.40. The van der Waals surface area contributed by atoms with Crippen LogP contribution in [0.5, 0.6) is 0 Å². The van der Waals surface area contributed by atoms with Crippen LogP contribution in [0, 0.1) is 0 Å². The Kier molecular flexibility index (Phi) is 4.26. The summed E-state index contributed by atoms with van der Waals surface area (Å²) in [4.78, 5) is 2.39. The van der Waals surface area contributed by atoms with E-state index < -0.39 is 0 Å². The van der Waals surface area contributed by atoms with Crippen molar-refractivity contribution in [3.05, 3.63) is 36.9 Å². The number of nitrogens with one attached hydrogen (secondary N) is 1. The first-order valence-electron chi connectivity index (χ1n) is 6.54. The van der Waals surface area contributed by atoms with Gasteiger partial charge in [0.05, 0.1) is 12.2 Å². The Morgan fingerprint density at radius 3 is 2.44 bits per heavy atom. The van der Waals surface area contributed by atoms with Gasteiger partial charge in [0.15, 0.2) is 0 Å². The summed E-state index contributed by atoms with van der Waals surface area (Å²) in [7, 11) is 0. The van der Waals surface area contributed by atoms with Crippen molar-refractivity contribution in [2.24, 2.45) is 0 Å². The molecule has 0 spiro atoms. The molecule has 1 aromatic carbocycles. The van der Waals surface area contributed by atoms with E-state index in [1.807, 2.05) is 6.08 Å². The molecule has 18 heavy (non-hydrogen) atoms. The number of nitrogens with zero attached hydrogens (tertiary/aromatic N) is 1. The Hall–Kier alpha value is -1.48. The van der Waals surface area contributed by atoms with Crippen molar-refractivity contribution >= 4 is 11.4 Å². The number of anilines is 2. The molecular weight excluding hydrogens is 224 g/mol. The summed E-state index contributed by atoms with van der Waals surface area (Å²) in [5, 5.41) is 3.28. The first kappa shape index (κ1) is 13.0. The number of rotatable bonds is 4. The molecule has 1 aromatic rings. The number of morpholine rings is 1. The highest BCUT2D eigenvalue weighted by atomic mass is 16.5. The van der Waals surface area contributed by atoms with Gasteiger partial charge in [0.25, 0.3) is 0 Å². The average Bonchev–Trinajstić information content (AvgIpc) is 2.36. The van der Waals surface area contributed by atoms with Crippen LogP contribution in [-0.2, 0) is 4.74 Å². The van der Waals surface area contributed by atoms with Crippen LogP contribution < -0.4 is 10.2 Å². The minimum Gasteiger partial charge on any atom is -0.382 e. The van der Waals surface area contributed by atoms with E-state index in [2.05, 4.69) is 54.9 Å². The summed E-state index contributed by atoms with van der Waals surface area (Å²) in [6.45, 7) is 10.7. The molecule has 3 nitrogen and oxygen atoms in total.